The summed E-state index contributed by atoms with van der Waals surface area (Å²) >= 11 is 12.8. The molecule has 37 heavy (non-hydrogen) atoms. The van der Waals surface area contributed by atoms with Gasteiger partial charge in [-0.1, -0.05) is 41.6 Å². The fraction of sp³-hybridized carbons (Fsp3) is 0.154. The van der Waals surface area contributed by atoms with Crippen LogP contribution in [0.3, 0.4) is 0 Å². The second-order valence-corrected chi connectivity index (χ2v) is 9.21. The van der Waals surface area contributed by atoms with E-state index in [0.717, 1.165) is 33.8 Å². The lowest BCUT2D eigenvalue weighted by atomic mass is 10.0. The van der Waals surface area contributed by atoms with Crippen molar-refractivity contribution in [1.29, 1.82) is 0 Å². The molecule has 0 saturated heterocycles. The number of hydrogen-bond donors (Lipinski definition) is 3. The van der Waals surface area contributed by atoms with Crippen LogP contribution in [0.1, 0.15) is 28.0 Å². The normalized spacial score (nSPS) is 15.2. The highest BCUT2D eigenvalue weighted by Crippen LogP contribution is 2.32. The van der Waals surface area contributed by atoms with Crippen LogP contribution in [0.25, 0.3) is 16.8 Å². The molecule has 1 amide bonds. The number of carbonyl (C=O) groups is 1. The molecule has 1 aliphatic rings. The molecule has 1 heterocycles. The average molecular weight is 538 g/mol. The second kappa shape index (κ2) is 11.9. The molecule has 0 bridgehead atoms. The first-order valence-electron chi connectivity index (χ1n) is 11.3. The summed E-state index contributed by atoms with van der Waals surface area (Å²) in [4.78, 5) is 12.4. The molecule has 11 heteroatoms. The van der Waals surface area contributed by atoms with Gasteiger partial charge in [-0.25, -0.2) is 11.4 Å². The molecular weight excluding hydrogens is 513 g/mol. The highest BCUT2D eigenvalue weighted by atomic mass is 35.5. The number of rotatable bonds is 9. The number of aromatic nitrogens is 2. The van der Waals surface area contributed by atoms with Gasteiger partial charge in [0, 0.05) is 22.6 Å². The number of halogens is 2. The van der Waals surface area contributed by atoms with Crippen molar-refractivity contribution in [2.45, 2.75) is 18.3 Å². The van der Waals surface area contributed by atoms with Crippen LogP contribution in [0.2, 0.25) is 0 Å². The number of amides is 1. The van der Waals surface area contributed by atoms with Gasteiger partial charge in [0.25, 0.3) is 5.91 Å². The fourth-order valence-electron chi connectivity index (χ4n) is 3.80. The third-order valence-electron chi connectivity index (χ3n) is 5.56. The first kappa shape index (κ1) is 26.2. The van der Waals surface area contributed by atoms with Gasteiger partial charge in [-0.15, -0.1) is 16.7 Å². The number of hydrogen-bond acceptors (Lipinski definition) is 6. The van der Waals surface area contributed by atoms with Crippen LogP contribution in [-0.4, -0.2) is 28.2 Å². The molecule has 190 valence electrons. The second-order valence-electron chi connectivity index (χ2n) is 8.16. The van der Waals surface area contributed by atoms with Crippen molar-refractivity contribution in [1.82, 2.24) is 20.6 Å². The van der Waals surface area contributed by atoms with Gasteiger partial charge in [0.15, 0.2) is 0 Å². The molecular formula is C26H25Cl2N7O2. The van der Waals surface area contributed by atoms with Crippen molar-refractivity contribution in [2.24, 2.45) is 16.2 Å². The van der Waals surface area contributed by atoms with Crippen LogP contribution in [-0.2, 0) is 6.54 Å². The van der Waals surface area contributed by atoms with Crippen LogP contribution in [0.4, 0.5) is 0 Å². The molecule has 0 spiro atoms. The number of hydrazine groups is 1. The molecule has 1 unspecified atom stereocenters. The topological polar surface area (TPSA) is 119 Å². The monoisotopic (exact) mass is 537 g/mol. The predicted molar refractivity (Wildman–Crippen MR) is 145 cm³/mol. The van der Waals surface area contributed by atoms with Crippen LogP contribution < -0.4 is 21.4 Å². The fourth-order valence-corrected chi connectivity index (χ4v) is 4.46. The van der Waals surface area contributed by atoms with Gasteiger partial charge in [0.1, 0.15) is 11.6 Å². The van der Waals surface area contributed by atoms with Gasteiger partial charge < -0.3 is 10.1 Å². The first-order chi connectivity index (χ1) is 17.9. The molecule has 0 fully saturated rings. The zero-order valence-electron chi connectivity index (χ0n) is 20.0. The van der Waals surface area contributed by atoms with E-state index in [1.54, 1.807) is 19.2 Å². The number of carbonyl (C=O) groups excluding carboxylic acids is 1. The molecule has 9 nitrogen and oxygen atoms in total. The molecule has 1 aromatic heterocycles. The molecule has 2 aromatic carbocycles. The lowest BCUT2D eigenvalue weighted by Crippen LogP contribution is -2.22. The van der Waals surface area contributed by atoms with Gasteiger partial charge in [-0.3, -0.25) is 9.48 Å². The maximum atomic E-state index is 12.4. The summed E-state index contributed by atoms with van der Waals surface area (Å²) in [6, 6.07) is 16.9. The SMILES string of the molecule is C=C(/N=N\NN)NC(=O)c1ccc(Cn2nc(-c3ccc(OC)cc3)cc2C2=CC(Cl)CC(Cl)=C2)cc1. The van der Waals surface area contributed by atoms with E-state index in [9.17, 15) is 4.79 Å². The molecule has 4 rings (SSSR count). The number of nitrogens with zero attached hydrogens (tertiary/aromatic N) is 4. The first-order valence-corrected chi connectivity index (χ1v) is 12.1. The highest BCUT2D eigenvalue weighted by molar-refractivity contribution is 6.32. The zero-order chi connectivity index (χ0) is 26.4. The third kappa shape index (κ3) is 6.65. The van der Waals surface area contributed by atoms with E-state index in [1.807, 2.05) is 64.8 Å². The van der Waals surface area contributed by atoms with E-state index in [2.05, 4.69) is 22.2 Å². The number of ether oxygens (including phenoxy) is 1. The van der Waals surface area contributed by atoms with Gasteiger partial charge >= 0.3 is 0 Å². The van der Waals surface area contributed by atoms with Crippen LogP contribution >= 0.6 is 23.2 Å². The Hall–Kier alpha value is -3.92. The minimum Gasteiger partial charge on any atom is -0.497 e. The predicted octanol–water partition coefficient (Wildman–Crippen LogP) is 5.16. The molecule has 0 radical (unpaired) electrons. The minimum atomic E-state index is -0.366. The molecule has 0 aliphatic heterocycles. The summed E-state index contributed by atoms with van der Waals surface area (Å²) in [7, 11) is 1.63. The van der Waals surface area contributed by atoms with E-state index in [-0.39, 0.29) is 17.1 Å². The van der Waals surface area contributed by atoms with Crippen molar-refractivity contribution >= 4 is 34.7 Å². The van der Waals surface area contributed by atoms with E-state index >= 15 is 0 Å². The van der Waals surface area contributed by atoms with Crippen LogP contribution in [0.15, 0.2) is 94.5 Å². The largest absolute Gasteiger partial charge is 0.497 e. The molecule has 3 aromatic rings. The van der Waals surface area contributed by atoms with Gasteiger partial charge in [0.2, 0.25) is 0 Å². The highest BCUT2D eigenvalue weighted by Gasteiger charge is 2.19. The maximum absolute atomic E-state index is 12.4. The van der Waals surface area contributed by atoms with E-state index in [0.29, 0.717) is 23.6 Å². The smallest absolute Gasteiger partial charge is 0.256 e. The van der Waals surface area contributed by atoms with Crippen molar-refractivity contribution in [3.63, 3.8) is 0 Å². The maximum Gasteiger partial charge on any atom is 0.256 e. The van der Waals surface area contributed by atoms with Gasteiger partial charge in [-0.05, 0) is 59.7 Å². The molecule has 0 saturated carbocycles. The van der Waals surface area contributed by atoms with Crippen molar-refractivity contribution < 1.29 is 9.53 Å². The average Bonchev–Trinajstić information content (AvgIpc) is 3.31. The lowest BCUT2D eigenvalue weighted by molar-refractivity contribution is 0.0965. The quantitative estimate of drug-likeness (QED) is 0.151. The van der Waals surface area contributed by atoms with E-state index in [4.69, 9.17) is 38.9 Å². The van der Waals surface area contributed by atoms with Crippen molar-refractivity contribution in [3.05, 3.63) is 101 Å². The summed E-state index contributed by atoms with van der Waals surface area (Å²) in [5.74, 6) is 5.48. The molecule has 1 atom stereocenters. The van der Waals surface area contributed by atoms with Crippen molar-refractivity contribution in [3.8, 4) is 17.0 Å². The van der Waals surface area contributed by atoms with Gasteiger partial charge in [0.05, 0.1) is 30.4 Å². The Morgan fingerprint density at radius 2 is 1.97 bits per heavy atom. The van der Waals surface area contributed by atoms with Gasteiger partial charge in [-0.2, -0.15) is 5.10 Å². The number of nitrogens with two attached hydrogens (primary N) is 1. The van der Waals surface area contributed by atoms with Crippen molar-refractivity contribution in [2.75, 3.05) is 7.11 Å². The van der Waals surface area contributed by atoms with Crippen LogP contribution in [0.5, 0.6) is 5.75 Å². The Kier molecular flexibility index (Phi) is 8.39. The number of allylic oxidation sites excluding steroid dienone is 4. The van der Waals surface area contributed by atoms with Crippen LogP contribution in [0, 0.1) is 0 Å². The lowest BCUT2D eigenvalue weighted by Gasteiger charge is -2.15. The van der Waals surface area contributed by atoms with E-state index in [1.165, 1.54) is 0 Å². The Morgan fingerprint density at radius 3 is 2.62 bits per heavy atom. The Labute approximate surface area is 224 Å². The Morgan fingerprint density at radius 1 is 1.24 bits per heavy atom. The summed E-state index contributed by atoms with van der Waals surface area (Å²) in [5, 5.41) is 14.9. The third-order valence-corrected chi connectivity index (χ3v) is 6.10. The minimum absolute atomic E-state index is 0.0596. The summed E-state index contributed by atoms with van der Waals surface area (Å²) in [5.41, 5.74) is 6.92. The number of benzene rings is 2. The number of alkyl halides is 1. The number of methoxy groups -OCH3 is 1. The number of nitrogens with one attached hydrogen (secondary N) is 2. The summed E-state index contributed by atoms with van der Waals surface area (Å²) in [6.07, 6.45) is 4.49. The summed E-state index contributed by atoms with van der Waals surface area (Å²) in [6.45, 7) is 4.06. The molecule has 1 aliphatic carbocycles. The zero-order valence-corrected chi connectivity index (χ0v) is 21.5. The Bertz CT molecular complexity index is 1380. The summed E-state index contributed by atoms with van der Waals surface area (Å²) < 4.78 is 7.17. The molecule has 4 N–H and O–H groups in total. The van der Waals surface area contributed by atoms with E-state index < -0.39 is 0 Å². The Balaban J connectivity index is 1.61. The standard InChI is InChI=1S/C26H25Cl2N7O2/c1-16(31-34-33-29)30-26(36)19-5-3-17(4-6-19)15-35-25(20-11-21(27)13-22(28)12-20)14-24(32-35)18-7-9-23(37-2)10-8-18/h3-12,14,21H,1,13,15H2,2H3,(H2,29,34)(H,30,36)(H,31,33).